The predicted molar refractivity (Wildman–Crippen MR) is 126 cm³/mol. The SMILES string of the molecule is Cc1cc(C(=O)N(CCN2CCOCC2)c2nc3c(C)ccc(Cl)c3s2)n(C(C)C)n1. The minimum Gasteiger partial charge on any atom is -0.379 e. The van der Waals surface area contributed by atoms with Crippen molar-refractivity contribution in [1.29, 1.82) is 0 Å². The molecule has 0 saturated carbocycles. The van der Waals surface area contributed by atoms with Crippen LogP contribution in [0.15, 0.2) is 18.2 Å². The van der Waals surface area contributed by atoms with Gasteiger partial charge in [-0.25, -0.2) is 4.98 Å². The molecule has 1 aromatic carbocycles. The van der Waals surface area contributed by atoms with Gasteiger partial charge in [0.1, 0.15) is 5.69 Å². The molecule has 0 radical (unpaired) electrons. The van der Waals surface area contributed by atoms with Gasteiger partial charge in [-0.1, -0.05) is 29.0 Å². The normalized spacial score (nSPS) is 15.2. The lowest BCUT2D eigenvalue weighted by atomic mass is 10.2. The van der Waals surface area contributed by atoms with E-state index in [1.165, 1.54) is 11.3 Å². The molecular weight excluding hydrogens is 434 g/mol. The van der Waals surface area contributed by atoms with Crippen molar-refractivity contribution in [3.63, 3.8) is 0 Å². The fraction of sp³-hybridized carbons (Fsp3) is 0.500. The molecule has 31 heavy (non-hydrogen) atoms. The van der Waals surface area contributed by atoms with Gasteiger partial charge in [0.2, 0.25) is 0 Å². The van der Waals surface area contributed by atoms with Gasteiger partial charge in [-0.05, 0) is 45.4 Å². The summed E-state index contributed by atoms with van der Waals surface area (Å²) in [6, 6.07) is 5.79. The van der Waals surface area contributed by atoms with Gasteiger partial charge in [-0.2, -0.15) is 5.10 Å². The number of thiazole rings is 1. The van der Waals surface area contributed by atoms with Crippen LogP contribution in [0.3, 0.4) is 0 Å². The van der Waals surface area contributed by atoms with Crippen LogP contribution >= 0.6 is 22.9 Å². The van der Waals surface area contributed by atoms with Crippen LogP contribution in [0.2, 0.25) is 5.02 Å². The maximum absolute atomic E-state index is 13.8. The first kappa shape index (κ1) is 22.2. The van der Waals surface area contributed by atoms with Crippen molar-refractivity contribution in [2.45, 2.75) is 33.7 Å². The van der Waals surface area contributed by atoms with Crippen LogP contribution in [0.5, 0.6) is 0 Å². The molecule has 7 nitrogen and oxygen atoms in total. The zero-order valence-electron chi connectivity index (χ0n) is 18.4. The van der Waals surface area contributed by atoms with E-state index < -0.39 is 0 Å². The molecule has 1 amide bonds. The Morgan fingerprint density at radius 2 is 2.03 bits per heavy atom. The third-order valence-electron chi connectivity index (χ3n) is 5.47. The lowest BCUT2D eigenvalue weighted by Gasteiger charge is -2.29. The molecule has 0 atom stereocenters. The van der Waals surface area contributed by atoms with E-state index in [4.69, 9.17) is 21.3 Å². The summed E-state index contributed by atoms with van der Waals surface area (Å²) in [6.07, 6.45) is 0. The van der Waals surface area contributed by atoms with E-state index in [-0.39, 0.29) is 11.9 Å². The van der Waals surface area contributed by atoms with Crippen LogP contribution in [0.4, 0.5) is 5.13 Å². The van der Waals surface area contributed by atoms with Crippen molar-refractivity contribution in [2.75, 3.05) is 44.3 Å². The van der Waals surface area contributed by atoms with Crippen LogP contribution in [-0.2, 0) is 4.74 Å². The van der Waals surface area contributed by atoms with Gasteiger partial charge in [0.15, 0.2) is 5.13 Å². The van der Waals surface area contributed by atoms with Crippen molar-refractivity contribution < 1.29 is 9.53 Å². The Morgan fingerprint density at radius 1 is 1.29 bits per heavy atom. The number of aromatic nitrogens is 3. The molecule has 2 aromatic heterocycles. The minimum atomic E-state index is -0.0876. The number of rotatable bonds is 6. The zero-order valence-corrected chi connectivity index (χ0v) is 20.0. The highest BCUT2D eigenvalue weighted by Gasteiger charge is 2.27. The van der Waals surface area contributed by atoms with Crippen LogP contribution < -0.4 is 4.90 Å². The molecular formula is C22H28ClN5O2S. The maximum Gasteiger partial charge on any atom is 0.278 e. The van der Waals surface area contributed by atoms with E-state index in [0.29, 0.717) is 22.4 Å². The number of carbonyl (C=O) groups is 1. The number of carbonyl (C=O) groups excluding carboxylic acids is 1. The lowest BCUT2D eigenvalue weighted by Crippen LogP contribution is -2.43. The quantitative estimate of drug-likeness (QED) is 0.547. The number of ether oxygens (including phenoxy) is 1. The maximum atomic E-state index is 13.8. The number of benzene rings is 1. The number of morpholine rings is 1. The molecule has 0 N–H and O–H groups in total. The summed E-state index contributed by atoms with van der Waals surface area (Å²) in [5, 5.41) is 5.86. The van der Waals surface area contributed by atoms with E-state index in [1.807, 2.05) is 45.9 Å². The summed E-state index contributed by atoms with van der Waals surface area (Å²) in [7, 11) is 0. The molecule has 1 fully saturated rings. The Bertz CT molecular complexity index is 1050. The number of hydrogen-bond donors (Lipinski definition) is 0. The number of halogens is 1. The van der Waals surface area contributed by atoms with Gasteiger partial charge in [0, 0.05) is 32.2 Å². The summed E-state index contributed by atoms with van der Waals surface area (Å²) >= 11 is 7.91. The van der Waals surface area contributed by atoms with Crippen molar-refractivity contribution >= 4 is 44.2 Å². The van der Waals surface area contributed by atoms with Crippen LogP contribution in [0.1, 0.15) is 41.6 Å². The number of amides is 1. The first-order valence-corrected chi connectivity index (χ1v) is 11.8. The molecule has 0 aliphatic carbocycles. The number of anilines is 1. The van der Waals surface area contributed by atoms with Gasteiger partial charge in [0.05, 0.1) is 34.1 Å². The van der Waals surface area contributed by atoms with E-state index in [2.05, 4.69) is 10.00 Å². The molecule has 0 bridgehead atoms. The highest BCUT2D eigenvalue weighted by atomic mass is 35.5. The minimum absolute atomic E-state index is 0.0841. The third kappa shape index (κ3) is 4.62. The largest absolute Gasteiger partial charge is 0.379 e. The van der Waals surface area contributed by atoms with E-state index in [0.717, 1.165) is 54.3 Å². The Kier molecular flexibility index (Phi) is 6.62. The van der Waals surface area contributed by atoms with Gasteiger partial charge in [-0.15, -0.1) is 0 Å². The summed E-state index contributed by atoms with van der Waals surface area (Å²) in [6.45, 7) is 12.5. The number of nitrogens with zero attached hydrogens (tertiary/aromatic N) is 5. The molecule has 1 aliphatic heterocycles. The Labute approximate surface area is 191 Å². The van der Waals surface area contributed by atoms with Crippen molar-refractivity contribution in [3.8, 4) is 0 Å². The van der Waals surface area contributed by atoms with E-state index >= 15 is 0 Å². The molecule has 4 rings (SSSR count). The monoisotopic (exact) mass is 461 g/mol. The first-order chi connectivity index (χ1) is 14.8. The van der Waals surface area contributed by atoms with E-state index in [1.54, 1.807) is 9.58 Å². The smallest absolute Gasteiger partial charge is 0.278 e. The number of aryl methyl sites for hydroxylation is 2. The third-order valence-corrected chi connectivity index (χ3v) is 7.01. The van der Waals surface area contributed by atoms with Crippen LogP contribution in [0.25, 0.3) is 10.2 Å². The van der Waals surface area contributed by atoms with Crippen molar-refractivity contribution in [2.24, 2.45) is 0 Å². The summed E-state index contributed by atoms with van der Waals surface area (Å²) in [4.78, 5) is 22.7. The topological polar surface area (TPSA) is 63.5 Å². The second kappa shape index (κ2) is 9.24. The predicted octanol–water partition coefficient (Wildman–Crippen LogP) is 4.32. The highest BCUT2D eigenvalue weighted by Crippen LogP contribution is 2.36. The molecule has 3 heterocycles. The highest BCUT2D eigenvalue weighted by molar-refractivity contribution is 7.23. The Balaban J connectivity index is 1.72. The molecule has 1 aliphatic rings. The van der Waals surface area contributed by atoms with Crippen LogP contribution in [-0.4, -0.2) is 65.0 Å². The fourth-order valence-corrected chi connectivity index (χ4v) is 5.11. The van der Waals surface area contributed by atoms with Gasteiger partial charge >= 0.3 is 0 Å². The molecule has 3 aromatic rings. The van der Waals surface area contributed by atoms with E-state index in [9.17, 15) is 4.79 Å². The molecule has 1 saturated heterocycles. The second-order valence-electron chi connectivity index (χ2n) is 8.16. The standard InChI is InChI=1S/C22H28ClN5O2S/c1-14(2)28-18(13-16(4)25-28)21(29)27(8-7-26-9-11-30-12-10-26)22-24-19-15(3)5-6-17(23)20(19)31-22/h5-6,13-14H,7-12H2,1-4H3. The van der Waals surface area contributed by atoms with Crippen molar-refractivity contribution in [1.82, 2.24) is 19.7 Å². The fourth-order valence-electron chi connectivity index (χ4n) is 3.76. The molecule has 0 unspecified atom stereocenters. The number of hydrogen-bond acceptors (Lipinski definition) is 6. The molecule has 9 heteroatoms. The Morgan fingerprint density at radius 3 is 2.71 bits per heavy atom. The molecule has 0 spiro atoms. The van der Waals surface area contributed by atoms with Gasteiger partial charge in [-0.3, -0.25) is 19.3 Å². The van der Waals surface area contributed by atoms with Gasteiger partial charge in [0.25, 0.3) is 5.91 Å². The molecule has 166 valence electrons. The Hall–Kier alpha value is -2.00. The number of fused-ring (bicyclic) bond motifs is 1. The first-order valence-electron chi connectivity index (χ1n) is 10.6. The summed E-state index contributed by atoms with van der Waals surface area (Å²) < 4.78 is 8.17. The van der Waals surface area contributed by atoms with Gasteiger partial charge < -0.3 is 4.74 Å². The lowest BCUT2D eigenvalue weighted by molar-refractivity contribution is 0.0391. The second-order valence-corrected chi connectivity index (χ2v) is 9.54. The van der Waals surface area contributed by atoms with Crippen LogP contribution in [0, 0.1) is 13.8 Å². The summed E-state index contributed by atoms with van der Waals surface area (Å²) in [5.74, 6) is -0.0876. The average molecular weight is 462 g/mol. The van der Waals surface area contributed by atoms with Crippen molar-refractivity contribution in [3.05, 3.63) is 40.2 Å². The average Bonchev–Trinajstić information content (AvgIpc) is 3.37. The zero-order chi connectivity index (χ0) is 22.1. The summed E-state index contributed by atoms with van der Waals surface area (Å²) in [5.41, 5.74) is 3.31.